The van der Waals surface area contributed by atoms with Crippen LogP contribution in [0.2, 0.25) is 5.02 Å². The van der Waals surface area contributed by atoms with E-state index in [2.05, 4.69) is 43.8 Å². The molecular formula is C23H28ClN5S2. The lowest BCUT2D eigenvalue weighted by Gasteiger charge is -2.25. The number of aryl methyl sites for hydroxylation is 3. The maximum atomic E-state index is 6.31. The second-order valence-corrected chi connectivity index (χ2v) is 11.5. The van der Waals surface area contributed by atoms with E-state index in [0.29, 0.717) is 5.41 Å². The van der Waals surface area contributed by atoms with Crippen LogP contribution in [0.4, 0.5) is 0 Å². The first-order chi connectivity index (χ1) is 14.9. The van der Waals surface area contributed by atoms with Crippen molar-refractivity contribution in [2.24, 2.45) is 7.05 Å². The predicted octanol–water partition coefficient (Wildman–Crippen LogP) is 5.28. The number of halogens is 1. The van der Waals surface area contributed by atoms with Crippen molar-refractivity contribution < 1.29 is 0 Å². The normalized spacial score (nSPS) is 20.8. The third-order valence-corrected chi connectivity index (χ3v) is 9.15. The zero-order chi connectivity index (χ0) is 21.6. The Bertz CT molecular complexity index is 1110. The molecule has 0 saturated carbocycles. The monoisotopic (exact) mass is 473 g/mol. The Kier molecular flexibility index (Phi) is 5.88. The molecule has 1 aromatic carbocycles. The number of hydrogen-bond donors (Lipinski definition) is 0. The maximum Gasteiger partial charge on any atom is 0.191 e. The molecule has 1 aliphatic heterocycles. The Hall–Kier alpha value is -1.41. The molecule has 31 heavy (non-hydrogen) atoms. The van der Waals surface area contributed by atoms with Gasteiger partial charge in [-0.15, -0.1) is 21.5 Å². The van der Waals surface area contributed by atoms with Gasteiger partial charge in [0, 0.05) is 29.8 Å². The van der Waals surface area contributed by atoms with Crippen LogP contribution < -0.4 is 0 Å². The van der Waals surface area contributed by atoms with Crippen molar-refractivity contribution in [1.29, 1.82) is 0 Å². The third kappa shape index (κ3) is 4.06. The third-order valence-electron chi connectivity index (χ3n) is 6.74. The Balaban J connectivity index is 1.15. The van der Waals surface area contributed by atoms with Gasteiger partial charge in [-0.2, -0.15) is 0 Å². The predicted molar refractivity (Wildman–Crippen MR) is 129 cm³/mol. The number of benzene rings is 1. The minimum atomic E-state index is 0.330. The molecule has 8 heteroatoms. The zero-order valence-corrected chi connectivity index (χ0v) is 20.7. The number of thiazole rings is 1. The van der Waals surface area contributed by atoms with Crippen LogP contribution in [0.25, 0.3) is 10.7 Å². The average Bonchev–Trinajstić information content (AvgIpc) is 3.49. The van der Waals surface area contributed by atoms with Crippen molar-refractivity contribution in [1.82, 2.24) is 24.6 Å². The summed E-state index contributed by atoms with van der Waals surface area (Å²) in [6.07, 6.45) is 4.88. The Morgan fingerprint density at radius 1 is 1.23 bits per heavy atom. The molecule has 3 heterocycles. The van der Waals surface area contributed by atoms with Crippen molar-refractivity contribution in [3.63, 3.8) is 0 Å². The topological polar surface area (TPSA) is 46.8 Å². The first-order valence-corrected chi connectivity index (χ1v) is 13.1. The Labute approximate surface area is 197 Å². The van der Waals surface area contributed by atoms with Gasteiger partial charge in [0.05, 0.1) is 15.6 Å². The van der Waals surface area contributed by atoms with Crippen LogP contribution in [0.15, 0.2) is 23.4 Å². The molecule has 5 nitrogen and oxygen atoms in total. The van der Waals surface area contributed by atoms with Crippen molar-refractivity contribution in [3.8, 4) is 10.7 Å². The van der Waals surface area contributed by atoms with Crippen molar-refractivity contribution in [2.75, 3.05) is 25.4 Å². The van der Waals surface area contributed by atoms with E-state index >= 15 is 0 Å². The number of thioether (sulfide) groups is 1. The van der Waals surface area contributed by atoms with Crippen molar-refractivity contribution in [2.45, 2.75) is 50.1 Å². The van der Waals surface area contributed by atoms with Crippen LogP contribution in [0.5, 0.6) is 0 Å². The summed E-state index contributed by atoms with van der Waals surface area (Å²) >= 11 is 9.80. The van der Waals surface area contributed by atoms with Gasteiger partial charge in [-0.25, -0.2) is 4.98 Å². The highest BCUT2D eigenvalue weighted by Crippen LogP contribution is 2.46. The van der Waals surface area contributed by atoms with Gasteiger partial charge in [-0.1, -0.05) is 29.4 Å². The maximum absolute atomic E-state index is 6.31. The van der Waals surface area contributed by atoms with Crippen molar-refractivity contribution >= 4 is 34.7 Å². The van der Waals surface area contributed by atoms with E-state index in [1.54, 1.807) is 23.1 Å². The average molecular weight is 474 g/mol. The van der Waals surface area contributed by atoms with Crippen LogP contribution in [0, 0.1) is 13.8 Å². The fraction of sp³-hybridized carbons (Fsp3) is 0.522. The number of rotatable bonds is 6. The molecule has 0 bridgehead atoms. The van der Waals surface area contributed by atoms with E-state index < -0.39 is 0 Å². The highest BCUT2D eigenvalue weighted by Gasteiger charge is 2.43. The lowest BCUT2D eigenvalue weighted by Crippen LogP contribution is -2.29. The number of nitrogens with zero attached hydrogens (tertiary/aromatic N) is 5. The summed E-state index contributed by atoms with van der Waals surface area (Å²) in [5.74, 6) is 1.98. The second-order valence-electron chi connectivity index (χ2n) is 8.82. The zero-order valence-electron chi connectivity index (χ0n) is 18.3. The summed E-state index contributed by atoms with van der Waals surface area (Å²) in [4.78, 5) is 8.29. The summed E-state index contributed by atoms with van der Waals surface area (Å²) < 4.78 is 2.11. The minimum absolute atomic E-state index is 0.330. The summed E-state index contributed by atoms with van der Waals surface area (Å²) in [5.41, 5.74) is 4.38. The van der Waals surface area contributed by atoms with Gasteiger partial charge < -0.3 is 9.47 Å². The van der Waals surface area contributed by atoms with E-state index in [4.69, 9.17) is 11.6 Å². The molecule has 164 valence electrons. The largest absolute Gasteiger partial charge is 0.304 e. The minimum Gasteiger partial charge on any atom is -0.304 e. The molecule has 1 fully saturated rings. The van der Waals surface area contributed by atoms with Crippen LogP contribution in [0.1, 0.15) is 41.1 Å². The number of likely N-dealkylation sites (tertiary alicyclic amines) is 1. The van der Waals surface area contributed by atoms with E-state index in [1.165, 1.54) is 43.5 Å². The molecule has 0 radical (unpaired) electrons. The molecule has 1 aliphatic carbocycles. The van der Waals surface area contributed by atoms with Gasteiger partial charge in [0.1, 0.15) is 0 Å². The van der Waals surface area contributed by atoms with Crippen LogP contribution in [-0.4, -0.2) is 50.0 Å². The summed E-state index contributed by atoms with van der Waals surface area (Å²) in [6, 6.07) is 6.50. The van der Waals surface area contributed by atoms with Gasteiger partial charge in [0.15, 0.2) is 11.0 Å². The molecule has 5 rings (SSSR count). The van der Waals surface area contributed by atoms with E-state index in [-0.39, 0.29) is 0 Å². The van der Waals surface area contributed by atoms with Crippen LogP contribution in [0.3, 0.4) is 0 Å². The van der Waals surface area contributed by atoms with Crippen molar-refractivity contribution in [3.05, 3.63) is 45.1 Å². The molecule has 2 aromatic heterocycles. The Morgan fingerprint density at radius 3 is 2.90 bits per heavy atom. The summed E-state index contributed by atoms with van der Waals surface area (Å²) in [5, 5.41) is 11.8. The molecule has 0 amide bonds. The summed E-state index contributed by atoms with van der Waals surface area (Å²) in [6.45, 7) is 7.58. The molecule has 1 spiro atoms. The van der Waals surface area contributed by atoms with Crippen LogP contribution in [-0.2, 0) is 18.9 Å². The molecular weight excluding hydrogens is 446 g/mol. The second kappa shape index (κ2) is 8.50. The van der Waals surface area contributed by atoms with Gasteiger partial charge in [0.2, 0.25) is 0 Å². The fourth-order valence-electron chi connectivity index (χ4n) is 5.17. The first-order valence-electron chi connectivity index (χ1n) is 10.9. The molecule has 2 aliphatic rings. The first kappa shape index (κ1) is 21.4. The quantitative estimate of drug-likeness (QED) is 0.360. The SMILES string of the molecule is Cc1nc(C)c(-c2nnc(SCCCN3CCC4(CCc5ccc(Cl)cc54)C3)n2C)s1. The molecule has 1 atom stereocenters. The smallest absolute Gasteiger partial charge is 0.191 e. The van der Waals surface area contributed by atoms with Gasteiger partial charge in [-0.05, 0) is 75.9 Å². The highest BCUT2D eigenvalue weighted by molar-refractivity contribution is 7.99. The van der Waals surface area contributed by atoms with E-state index in [0.717, 1.165) is 50.3 Å². The van der Waals surface area contributed by atoms with E-state index in [9.17, 15) is 0 Å². The Morgan fingerprint density at radius 2 is 2.10 bits per heavy atom. The highest BCUT2D eigenvalue weighted by atomic mass is 35.5. The van der Waals surface area contributed by atoms with Crippen LogP contribution >= 0.6 is 34.7 Å². The number of fused-ring (bicyclic) bond motifs is 2. The standard InChI is InChI=1S/C23H28ClN5S2/c1-15-20(31-16(2)25-15)21-26-27-22(28(21)3)30-12-4-10-29-11-9-23(14-29)8-7-17-5-6-18(24)13-19(17)23/h5-6,13H,4,7-12,14H2,1-3H3. The van der Waals surface area contributed by atoms with Gasteiger partial charge >= 0.3 is 0 Å². The number of hydrogen-bond acceptors (Lipinski definition) is 6. The lowest BCUT2D eigenvalue weighted by atomic mass is 9.81. The lowest BCUT2D eigenvalue weighted by molar-refractivity contribution is 0.310. The molecule has 0 N–H and O–H groups in total. The number of aromatic nitrogens is 4. The van der Waals surface area contributed by atoms with E-state index in [1.807, 2.05) is 19.9 Å². The molecule has 3 aromatic rings. The summed E-state index contributed by atoms with van der Waals surface area (Å²) in [7, 11) is 2.05. The fourth-order valence-corrected chi connectivity index (χ4v) is 7.12. The molecule has 1 unspecified atom stereocenters. The van der Waals surface area contributed by atoms with Gasteiger partial charge in [0.25, 0.3) is 0 Å². The van der Waals surface area contributed by atoms with Gasteiger partial charge in [-0.3, -0.25) is 0 Å². The molecule has 1 saturated heterocycles.